The van der Waals surface area contributed by atoms with E-state index in [-0.39, 0.29) is 18.3 Å². The molecule has 0 saturated heterocycles. The number of rotatable bonds is 3. The molecule has 1 aliphatic heterocycles. The van der Waals surface area contributed by atoms with Crippen LogP contribution in [0.1, 0.15) is 27.6 Å². The van der Waals surface area contributed by atoms with E-state index in [4.69, 9.17) is 14.2 Å². The summed E-state index contributed by atoms with van der Waals surface area (Å²) in [4.78, 5) is 23.7. The molecule has 0 fully saturated rings. The van der Waals surface area contributed by atoms with E-state index >= 15 is 0 Å². The first-order valence-electron chi connectivity index (χ1n) is 6.37. The predicted molar refractivity (Wildman–Crippen MR) is 74.0 cm³/mol. The zero-order valence-electron chi connectivity index (χ0n) is 11.3. The van der Waals surface area contributed by atoms with Crippen LogP contribution in [0.4, 0.5) is 0 Å². The maximum atomic E-state index is 12.2. The van der Waals surface area contributed by atoms with Gasteiger partial charge >= 0.3 is 5.97 Å². The summed E-state index contributed by atoms with van der Waals surface area (Å²) in [5, 5.41) is 0. The van der Waals surface area contributed by atoms with Crippen molar-refractivity contribution in [2.75, 3.05) is 6.79 Å². The van der Waals surface area contributed by atoms with Crippen molar-refractivity contribution in [3.8, 4) is 17.2 Å². The molecule has 0 unspecified atom stereocenters. The third kappa shape index (κ3) is 2.58. The summed E-state index contributed by atoms with van der Waals surface area (Å²) in [5.74, 6) is 0.624. The molecule has 0 N–H and O–H groups in total. The van der Waals surface area contributed by atoms with E-state index in [2.05, 4.69) is 0 Å². The van der Waals surface area contributed by atoms with Crippen LogP contribution in [-0.4, -0.2) is 18.5 Å². The van der Waals surface area contributed by atoms with E-state index in [9.17, 15) is 9.59 Å². The predicted octanol–water partition coefficient (Wildman–Crippen LogP) is 2.84. The summed E-state index contributed by atoms with van der Waals surface area (Å²) in [7, 11) is 0. The molecule has 0 bridgehead atoms. The number of hydrogen-bond acceptors (Lipinski definition) is 5. The molecule has 2 aromatic rings. The molecule has 0 saturated carbocycles. The molecular formula is C16H12O5. The van der Waals surface area contributed by atoms with Crippen molar-refractivity contribution < 1.29 is 23.8 Å². The smallest absolute Gasteiger partial charge is 0.343 e. The first-order valence-corrected chi connectivity index (χ1v) is 6.37. The molecule has 106 valence electrons. The molecule has 21 heavy (non-hydrogen) atoms. The van der Waals surface area contributed by atoms with Gasteiger partial charge in [0.25, 0.3) is 0 Å². The zero-order chi connectivity index (χ0) is 14.8. The van der Waals surface area contributed by atoms with Crippen molar-refractivity contribution in [3.63, 3.8) is 0 Å². The van der Waals surface area contributed by atoms with Crippen LogP contribution in [0.5, 0.6) is 17.2 Å². The lowest BCUT2D eigenvalue weighted by Crippen LogP contribution is -2.10. The van der Waals surface area contributed by atoms with Crippen molar-refractivity contribution in [2.45, 2.75) is 6.92 Å². The highest BCUT2D eigenvalue weighted by Crippen LogP contribution is 2.33. The second-order valence-corrected chi connectivity index (χ2v) is 4.51. The van der Waals surface area contributed by atoms with E-state index in [1.54, 1.807) is 42.5 Å². The number of carbonyl (C=O) groups excluding carboxylic acids is 2. The average Bonchev–Trinajstić information content (AvgIpc) is 2.94. The van der Waals surface area contributed by atoms with Gasteiger partial charge in [0.2, 0.25) is 6.79 Å². The normalized spacial score (nSPS) is 12.0. The number of hydrogen-bond donors (Lipinski definition) is 0. The Labute approximate surface area is 121 Å². The fourth-order valence-corrected chi connectivity index (χ4v) is 2.03. The first kappa shape index (κ1) is 13.2. The molecule has 5 heteroatoms. The lowest BCUT2D eigenvalue weighted by Gasteiger charge is -2.08. The minimum absolute atomic E-state index is 0.140. The third-order valence-electron chi connectivity index (χ3n) is 3.08. The third-order valence-corrected chi connectivity index (χ3v) is 3.08. The van der Waals surface area contributed by atoms with Crippen molar-refractivity contribution >= 4 is 11.8 Å². The Morgan fingerprint density at radius 1 is 1.05 bits per heavy atom. The van der Waals surface area contributed by atoms with Crippen LogP contribution in [-0.2, 0) is 0 Å². The zero-order valence-corrected chi connectivity index (χ0v) is 11.3. The van der Waals surface area contributed by atoms with Gasteiger partial charge in [0.05, 0.1) is 11.1 Å². The Morgan fingerprint density at radius 2 is 1.81 bits per heavy atom. The Bertz CT molecular complexity index is 720. The lowest BCUT2D eigenvalue weighted by atomic mass is 10.1. The van der Waals surface area contributed by atoms with Crippen molar-refractivity contribution in [3.05, 3.63) is 53.6 Å². The summed E-state index contributed by atoms with van der Waals surface area (Å²) in [5.41, 5.74) is 0.698. The van der Waals surface area contributed by atoms with Crippen LogP contribution >= 0.6 is 0 Å². The van der Waals surface area contributed by atoms with Gasteiger partial charge in [-0.15, -0.1) is 0 Å². The Morgan fingerprint density at radius 3 is 2.62 bits per heavy atom. The monoisotopic (exact) mass is 284 g/mol. The van der Waals surface area contributed by atoms with Crippen LogP contribution in [0.25, 0.3) is 0 Å². The number of carbonyl (C=O) groups is 2. The van der Waals surface area contributed by atoms with Gasteiger partial charge in [-0.05, 0) is 37.3 Å². The lowest BCUT2D eigenvalue weighted by molar-refractivity contribution is 0.0732. The van der Waals surface area contributed by atoms with Crippen LogP contribution in [0.2, 0.25) is 0 Å². The quantitative estimate of drug-likeness (QED) is 0.492. The van der Waals surface area contributed by atoms with Gasteiger partial charge < -0.3 is 14.2 Å². The molecule has 0 radical (unpaired) electrons. The Hall–Kier alpha value is -2.82. The number of fused-ring (bicyclic) bond motifs is 1. The SMILES string of the molecule is CC(=O)c1ccccc1OC(=O)c1ccc2c(c1)OCO2. The number of esters is 1. The highest BCUT2D eigenvalue weighted by atomic mass is 16.7. The number of ketones is 1. The minimum Gasteiger partial charge on any atom is -0.454 e. The molecule has 0 aromatic heterocycles. The highest BCUT2D eigenvalue weighted by molar-refractivity contribution is 5.99. The molecule has 0 amide bonds. The fourth-order valence-electron chi connectivity index (χ4n) is 2.03. The highest BCUT2D eigenvalue weighted by Gasteiger charge is 2.18. The van der Waals surface area contributed by atoms with Gasteiger partial charge in [-0.2, -0.15) is 0 Å². The number of Topliss-reactive ketones (excluding diaryl/α,β-unsaturated/α-hetero) is 1. The van der Waals surface area contributed by atoms with E-state index in [0.29, 0.717) is 22.6 Å². The van der Waals surface area contributed by atoms with E-state index in [1.807, 2.05) is 0 Å². The summed E-state index contributed by atoms with van der Waals surface area (Å²) in [6, 6.07) is 11.4. The largest absolute Gasteiger partial charge is 0.454 e. The summed E-state index contributed by atoms with van der Waals surface area (Å²) < 4.78 is 15.7. The van der Waals surface area contributed by atoms with Crippen molar-refractivity contribution in [1.82, 2.24) is 0 Å². The van der Waals surface area contributed by atoms with Gasteiger partial charge in [0.1, 0.15) is 5.75 Å². The van der Waals surface area contributed by atoms with Crippen LogP contribution in [0, 0.1) is 0 Å². The molecule has 0 spiro atoms. The van der Waals surface area contributed by atoms with Crippen LogP contribution < -0.4 is 14.2 Å². The average molecular weight is 284 g/mol. The Balaban J connectivity index is 1.85. The molecule has 1 aliphatic rings. The van der Waals surface area contributed by atoms with Crippen LogP contribution in [0.15, 0.2) is 42.5 Å². The molecule has 0 atom stereocenters. The molecule has 2 aromatic carbocycles. The molecular weight excluding hydrogens is 272 g/mol. The van der Waals surface area contributed by atoms with Gasteiger partial charge in [0.15, 0.2) is 17.3 Å². The van der Waals surface area contributed by atoms with Gasteiger partial charge in [0, 0.05) is 0 Å². The molecule has 5 nitrogen and oxygen atoms in total. The van der Waals surface area contributed by atoms with Crippen molar-refractivity contribution in [2.24, 2.45) is 0 Å². The number of ether oxygens (including phenoxy) is 3. The number of para-hydroxylation sites is 1. The van der Waals surface area contributed by atoms with E-state index in [1.165, 1.54) is 6.92 Å². The van der Waals surface area contributed by atoms with E-state index in [0.717, 1.165) is 0 Å². The first-order chi connectivity index (χ1) is 10.1. The van der Waals surface area contributed by atoms with Gasteiger partial charge in [-0.1, -0.05) is 12.1 Å². The summed E-state index contributed by atoms with van der Waals surface area (Å²) in [6.45, 7) is 1.56. The van der Waals surface area contributed by atoms with Crippen molar-refractivity contribution in [1.29, 1.82) is 0 Å². The van der Waals surface area contributed by atoms with E-state index < -0.39 is 5.97 Å². The topological polar surface area (TPSA) is 61.8 Å². The standard InChI is InChI=1S/C16H12O5/c1-10(17)12-4-2-3-5-13(12)21-16(18)11-6-7-14-15(8-11)20-9-19-14/h2-8H,9H2,1H3. The molecule has 1 heterocycles. The fraction of sp³-hybridized carbons (Fsp3) is 0.125. The van der Waals surface area contributed by atoms with Gasteiger partial charge in [-0.3, -0.25) is 4.79 Å². The maximum absolute atomic E-state index is 12.2. The van der Waals surface area contributed by atoms with Crippen LogP contribution in [0.3, 0.4) is 0 Å². The van der Waals surface area contributed by atoms with Gasteiger partial charge in [-0.25, -0.2) is 4.79 Å². The summed E-state index contributed by atoms with van der Waals surface area (Å²) in [6.07, 6.45) is 0. The molecule has 0 aliphatic carbocycles. The Kier molecular flexibility index (Phi) is 3.31. The summed E-state index contributed by atoms with van der Waals surface area (Å²) >= 11 is 0. The maximum Gasteiger partial charge on any atom is 0.343 e. The second-order valence-electron chi connectivity index (χ2n) is 4.51. The second kappa shape index (κ2) is 5.28. The minimum atomic E-state index is -0.554. The molecule has 3 rings (SSSR count). The number of benzene rings is 2.